The second-order valence-electron chi connectivity index (χ2n) is 7.37. The molecule has 0 atom stereocenters. The standard InChI is InChI=1S/C26H18BrCl2N3O3/c27-18-8-11-24(35-15-25(33)31-19-9-10-22(28)23(29)13-19)17(12-18)14-30-32-26(34)21-7-3-5-16-4-1-2-6-20(16)21/h1-14H,15H2,(H,31,33)(H,32,34)/b30-14+. The van der Waals surface area contributed by atoms with Gasteiger partial charge in [-0.1, -0.05) is 75.5 Å². The molecule has 6 nitrogen and oxygen atoms in total. The van der Waals surface area contributed by atoms with Crippen molar-refractivity contribution in [2.45, 2.75) is 0 Å². The minimum atomic E-state index is -0.376. The Bertz CT molecular complexity index is 1440. The molecule has 0 radical (unpaired) electrons. The van der Waals surface area contributed by atoms with Gasteiger partial charge in [0, 0.05) is 21.3 Å². The molecule has 0 aliphatic rings. The average Bonchev–Trinajstić information content (AvgIpc) is 2.85. The molecule has 0 aliphatic heterocycles. The number of carbonyl (C=O) groups is 2. The Morgan fingerprint density at radius 1 is 0.943 bits per heavy atom. The van der Waals surface area contributed by atoms with Gasteiger partial charge >= 0.3 is 0 Å². The molecule has 0 spiro atoms. The molecule has 0 bridgehead atoms. The second-order valence-corrected chi connectivity index (χ2v) is 9.10. The van der Waals surface area contributed by atoms with Crippen LogP contribution in [0.25, 0.3) is 10.8 Å². The van der Waals surface area contributed by atoms with Crippen LogP contribution in [-0.4, -0.2) is 24.6 Å². The van der Waals surface area contributed by atoms with Crippen LogP contribution < -0.4 is 15.5 Å². The fourth-order valence-electron chi connectivity index (χ4n) is 3.31. The summed E-state index contributed by atoms with van der Waals surface area (Å²) in [6, 6.07) is 23.2. The number of benzene rings is 4. The van der Waals surface area contributed by atoms with E-state index in [-0.39, 0.29) is 18.4 Å². The zero-order valence-electron chi connectivity index (χ0n) is 18.1. The summed E-state index contributed by atoms with van der Waals surface area (Å²) in [6.45, 7) is -0.245. The Kier molecular flexibility index (Phi) is 8.02. The number of halogens is 3. The summed E-state index contributed by atoms with van der Waals surface area (Å²) in [6.07, 6.45) is 1.46. The van der Waals surface area contributed by atoms with Crippen LogP contribution in [0.3, 0.4) is 0 Å². The van der Waals surface area contributed by atoms with Crippen LogP contribution in [0.15, 0.2) is 88.4 Å². The number of hydrogen-bond acceptors (Lipinski definition) is 4. The van der Waals surface area contributed by atoms with Crippen molar-refractivity contribution < 1.29 is 14.3 Å². The Labute approximate surface area is 220 Å². The van der Waals surface area contributed by atoms with Gasteiger partial charge in [0.15, 0.2) is 6.61 Å². The van der Waals surface area contributed by atoms with E-state index in [1.165, 1.54) is 6.21 Å². The third-order valence-corrected chi connectivity index (χ3v) is 6.17. The molecular weight excluding hydrogens is 553 g/mol. The largest absolute Gasteiger partial charge is 0.483 e. The summed E-state index contributed by atoms with van der Waals surface area (Å²) >= 11 is 15.3. The predicted molar refractivity (Wildman–Crippen MR) is 144 cm³/mol. The molecule has 0 fully saturated rings. The smallest absolute Gasteiger partial charge is 0.271 e. The van der Waals surface area contributed by atoms with Gasteiger partial charge in [0.05, 0.1) is 16.3 Å². The monoisotopic (exact) mass is 569 g/mol. The zero-order valence-corrected chi connectivity index (χ0v) is 21.2. The number of nitrogens with one attached hydrogen (secondary N) is 2. The first-order chi connectivity index (χ1) is 16.9. The van der Waals surface area contributed by atoms with E-state index >= 15 is 0 Å². The van der Waals surface area contributed by atoms with Crippen LogP contribution in [0, 0.1) is 0 Å². The summed E-state index contributed by atoms with van der Waals surface area (Å²) in [4.78, 5) is 25.0. The highest BCUT2D eigenvalue weighted by Gasteiger charge is 2.10. The molecule has 0 saturated carbocycles. The molecule has 176 valence electrons. The minimum Gasteiger partial charge on any atom is -0.483 e. The number of amides is 2. The van der Waals surface area contributed by atoms with Gasteiger partial charge in [0.1, 0.15) is 5.75 Å². The van der Waals surface area contributed by atoms with E-state index in [0.717, 1.165) is 15.2 Å². The number of anilines is 1. The maximum absolute atomic E-state index is 12.7. The summed E-state index contributed by atoms with van der Waals surface area (Å²) in [5.74, 6) is -0.296. The van der Waals surface area contributed by atoms with Crippen molar-refractivity contribution in [3.63, 3.8) is 0 Å². The van der Waals surface area contributed by atoms with Gasteiger partial charge in [-0.25, -0.2) is 5.43 Å². The van der Waals surface area contributed by atoms with Crippen LogP contribution in [0.1, 0.15) is 15.9 Å². The summed E-state index contributed by atoms with van der Waals surface area (Å²) in [5.41, 5.74) is 4.14. The summed E-state index contributed by atoms with van der Waals surface area (Å²) in [5, 5.41) is 9.31. The summed E-state index contributed by atoms with van der Waals surface area (Å²) in [7, 11) is 0. The second kappa shape index (κ2) is 11.4. The molecule has 2 N–H and O–H groups in total. The SMILES string of the molecule is O=C(COc1ccc(Br)cc1/C=N/NC(=O)c1cccc2ccccc12)Nc1ccc(Cl)c(Cl)c1. The van der Waals surface area contributed by atoms with E-state index < -0.39 is 0 Å². The lowest BCUT2D eigenvalue weighted by Crippen LogP contribution is -2.20. The normalized spacial score (nSPS) is 10.9. The number of nitrogens with zero attached hydrogens (tertiary/aromatic N) is 1. The molecule has 4 rings (SSSR count). The fraction of sp³-hybridized carbons (Fsp3) is 0.0385. The van der Waals surface area contributed by atoms with Crippen molar-refractivity contribution in [2.24, 2.45) is 5.10 Å². The first-order valence-corrected chi connectivity index (χ1v) is 11.9. The van der Waals surface area contributed by atoms with Gasteiger partial charge in [-0.3, -0.25) is 9.59 Å². The number of carbonyl (C=O) groups excluding carboxylic acids is 2. The van der Waals surface area contributed by atoms with Crippen molar-refractivity contribution in [3.05, 3.63) is 105 Å². The Balaban J connectivity index is 1.42. The van der Waals surface area contributed by atoms with E-state index in [9.17, 15) is 9.59 Å². The van der Waals surface area contributed by atoms with Crippen molar-refractivity contribution >= 4 is 73.6 Å². The number of rotatable bonds is 7. The number of ether oxygens (including phenoxy) is 1. The molecule has 0 heterocycles. The van der Waals surface area contributed by atoms with Crippen LogP contribution in [0.5, 0.6) is 5.75 Å². The van der Waals surface area contributed by atoms with Gasteiger partial charge in [-0.15, -0.1) is 0 Å². The zero-order chi connectivity index (χ0) is 24.8. The summed E-state index contributed by atoms with van der Waals surface area (Å²) < 4.78 is 6.47. The molecular formula is C26H18BrCl2N3O3. The fourth-order valence-corrected chi connectivity index (χ4v) is 3.99. The van der Waals surface area contributed by atoms with E-state index in [0.29, 0.717) is 32.6 Å². The highest BCUT2D eigenvalue weighted by atomic mass is 79.9. The molecule has 0 unspecified atom stereocenters. The van der Waals surface area contributed by atoms with Crippen molar-refractivity contribution in [1.29, 1.82) is 0 Å². The number of fused-ring (bicyclic) bond motifs is 1. The molecule has 35 heavy (non-hydrogen) atoms. The van der Waals surface area contributed by atoms with Crippen LogP contribution in [-0.2, 0) is 4.79 Å². The average molecular weight is 571 g/mol. The first kappa shape index (κ1) is 24.7. The highest BCUT2D eigenvalue weighted by Crippen LogP contribution is 2.25. The quantitative estimate of drug-likeness (QED) is 0.192. The maximum atomic E-state index is 12.7. The van der Waals surface area contributed by atoms with Crippen molar-refractivity contribution in [3.8, 4) is 5.75 Å². The van der Waals surface area contributed by atoms with Gasteiger partial charge < -0.3 is 10.1 Å². The molecule has 0 saturated heterocycles. The Morgan fingerprint density at radius 2 is 1.74 bits per heavy atom. The minimum absolute atomic E-state index is 0.245. The lowest BCUT2D eigenvalue weighted by molar-refractivity contribution is -0.118. The van der Waals surface area contributed by atoms with Gasteiger partial charge in [-0.2, -0.15) is 5.10 Å². The molecule has 0 aromatic heterocycles. The molecule has 0 aliphatic carbocycles. The van der Waals surface area contributed by atoms with Gasteiger partial charge in [-0.05, 0) is 53.2 Å². The van der Waals surface area contributed by atoms with Crippen molar-refractivity contribution in [2.75, 3.05) is 11.9 Å². The number of hydrogen-bond donors (Lipinski definition) is 2. The van der Waals surface area contributed by atoms with Crippen molar-refractivity contribution in [1.82, 2.24) is 5.43 Å². The predicted octanol–water partition coefficient (Wildman–Crippen LogP) is 6.69. The topological polar surface area (TPSA) is 79.8 Å². The third kappa shape index (κ3) is 6.39. The third-order valence-electron chi connectivity index (χ3n) is 4.94. The van der Waals surface area contributed by atoms with E-state index in [4.69, 9.17) is 27.9 Å². The van der Waals surface area contributed by atoms with Crippen LogP contribution in [0.2, 0.25) is 10.0 Å². The van der Waals surface area contributed by atoms with Gasteiger partial charge in [0.2, 0.25) is 0 Å². The highest BCUT2D eigenvalue weighted by molar-refractivity contribution is 9.10. The van der Waals surface area contributed by atoms with Crippen LogP contribution >= 0.6 is 39.1 Å². The Hall–Kier alpha value is -3.39. The molecule has 4 aromatic carbocycles. The van der Waals surface area contributed by atoms with E-state index in [2.05, 4.69) is 31.8 Å². The lowest BCUT2D eigenvalue weighted by Gasteiger charge is -2.10. The van der Waals surface area contributed by atoms with E-state index in [1.807, 2.05) is 36.4 Å². The molecule has 4 aromatic rings. The first-order valence-electron chi connectivity index (χ1n) is 10.4. The van der Waals surface area contributed by atoms with Gasteiger partial charge in [0.25, 0.3) is 11.8 Å². The van der Waals surface area contributed by atoms with Crippen LogP contribution in [0.4, 0.5) is 5.69 Å². The Morgan fingerprint density at radius 3 is 2.57 bits per heavy atom. The number of hydrazone groups is 1. The lowest BCUT2D eigenvalue weighted by atomic mass is 10.0. The molecule has 2 amide bonds. The maximum Gasteiger partial charge on any atom is 0.271 e. The molecule has 9 heteroatoms. The van der Waals surface area contributed by atoms with E-state index in [1.54, 1.807) is 42.5 Å².